The monoisotopic (exact) mass is 458 g/mol. The highest BCUT2D eigenvalue weighted by atomic mass is 32.3. The van der Waals surface area contributed by atoms with Gasteiger partial charge in [-0.3, -0.25) is 0 Å². The Bertz CT molecular complexity index is 1110. The quantitative estimate of drug-likeness (QED) is 0.633. The predicted molar refractivity (Wildman–Crippen MR) is 93.4 cm³/mol. The number of nitrogens with zero attached hydrogens (tertiary/aromatic N) is 2. The van der Waals surface area contributed by atoms with Crippen LogP contribution in [0.3, 0.4) is 0 Å². The van der Waals surface area contributed by atoms with E-state index in [-0.39, 0.29) is 11.3 Å². The lowest BCUT2D eigenvalue weighted by atomic mass is 10.3. The van der Waals surface area contributed by atoms with Crippen molar-refractivity contribution in [2.24, 2.45) is 3.77 Å². The van der Waals surface area contributed by atoms with E-state index in [1.807, 2.05) is 0 Å². The first-order chi connectivity index (χ1) is 12.8. The van der Waals surface area contributed by atoms with Gasteiger partial charge in [0.2, 0.25) is 0 Å². The van der Waals surface area contributed by atoms with Crippen molar-refractivity contribution in [3.05, 3.63) is 34.8 Å². The van der Waals surface area contributed by atoms with Crippen molar-refractivity contribution < 1.29 is 40.1 Å². The molecular weight excluding hydrogens is 445 g/mol. The van der Waals surface area contributed by atoms with E-state index in [1.165, 1.54) is 5.38 Å². The van der Waals surface area contributed by atoms with E-state index in [9.17, 15) is 30.6 Å². The third kappa shape index (κ3) is 4.44. The first-order valence-electron chi connectivity index (χ1n) is 7.09. The molecule has 0 N–H and O–H groups in total. The first-order valence-corrected chi connectivity index (χ1v) is 11.3. The molecule has 2 aromatic heterocycles. The van der Waals surface area contributed by atoms with Gasteiger partial charge in [0, 0.05) is 17.8 Å². The number of carbonyl (C=O) groups is 1. The second-order valence-corrected chi connectivity index (χ2v) is 10.3. The Kier molecular flexibility index (Phi) is 6.06. The molecule has 1 atom stereocenters. The van der Waals surface area contributed by atoms with E-state index in [4.69, 9.17) is 4.74 Å². The number of pyridine rings is 1. The maximum Gasteiger partial charge on any atom is 0.417 e. The zero-order valence-corrected chi connectivity index (χ0v) is 17.0. The van der Waals surface area contributed by atoms with Gasteiger partial charge in [0.05, 0.1) is 19.8 Å². The van der Waals surface area contributed by atoms with Gasteiger partial charge in [0.25, 0.3) is 0 Å². The molecule has 8 nitrogen and oxygen atoms in total. The van der Waals surface area contributed by atoms with Crippen LogP contribution < -0.4 is 4.74 Å². The third-order valence-electron chi connectivity index (χ3n) is 3.25. The van der Waals surface area contributed by atoms with Crippen LogP contribution in [0.2, 0.25) is 0 Å². The van der Waals surface area contributed by atoms with Crippen LogP contribution in [-0.2, 0) is 30.7 Å². The fourth-order valence-corrected chi connectivity index (χ4v) is 6.69. The number of esters is 1. The number of rotatable bonds is 5. The molecule has 2 aromatic rings. The maximum absolute atomic E-state index is 12.7. The third-order valence-corrected chi connectivity index (χ3v) is 8.52. The van der Waals surface area contributed by atoms with Crippen LogP contribution in [0.4, 0.5) is 13.2 Å². The van der Waals surface area contributed by atoms with Crippen LogP contribution in [0.15, 0.2) is 36.7 Å². The van der Waals surface area contributed by atoms with Crippen molar-refractivity contribution >= 4 is 37.1 Å². The average molecular weight is 458 g/mol. The minimum absolute atomic E-state index is 0.168. The number of hydrogen-bond donors (Lipinski definition) is 0. The summed E-state index contributed by atoms with van der Waals surface area (Å²) < 4.78 is 88.0. The number of sulfonamides is 1. The summed E-state index contributed by atoms with van der Waals surface area (Å²) in [6, 6.07) is 1.41. The molecule has 0 unspecified atom stereocenters. The standard InChI is InChI=1S/C14H13F3N2O6S3/c1-24-11-9(12(20)25-2)7-26-13(11)28(22,23)19-27(3,21)10-5-4-8(6-18-10)14(15,16)17/h4-7H,1-3H3/t27-/m0/s1. The van der Waals surface area contributed by atoms with Crippen LogP contribution in [-0.4, -0.2) is 44.1 Å². The highest BCUT2D eigenvalue weighted by Gasteiger charge is 2.32. The number of hydrogen-bond acceptors (Lipinski definition) is 8. The van der Waals surface area contributed by atoms with Gasteiger partial charge in [0.15, 0.2) is 9.96 Å². The van der Waals surface area contributed by atoms with E-state index < -0.39 is 46.7 Å². The van der Waals surface area contributed by atoms with Gasteiger partial charge < -0.3 is 9.47 Å². The number of alkyl halides is 3. The highest BCUT2D eigenvalue weighted by Crippen LogP contribution is 2.37. The van der Waals surface area contributed by atoms with Gasteiger partial charge in [-0.25, -0.2) is 14.0 Å². The molecule has 2 heterocycles. The number of aromatic nitrogens is 1. The molecule has 0 saturated carbocycles. The number of methoxy groups -OCH3 is 2. The summed E-state index contributed by atoms with van der Waals surface area (Å²) in [6.45, 7) is 0. The highest BCUT2D eigenvalue weighted by molar-refractivity contribution is 8.03. The molecule has 0 aliphatic heterocycles. The minimum atomic E-state index is -4.65. The summed E-state index contributed by atoms with van der Waals surface area (Å²) in [6.07, 6.45) is -3.30. The van der Waals surface area contributed by atoms with Gasteiger partial charge in [-0.15, -0.1) is 15.1 Å². The normalized spacial score (nSPS) is 14.2. The molecule has 0 saturated heterocycles. The Balaban J connectivity index is 2.55. The molecule has 0 aliphatic carbocycles. The number of carbonyl (C=O) groups excluding carboxylic acids is 1. The van der Waals surface area contributed by atoms with Crippen LogP contribution >= 0.6 is 11.3 Å². The van der Waals surface area contributed by atoms with Crippen molar-refractivity contribution in [3.63, 3.8) is 0 Å². The maximum atomic E-state index is 12.7. The van der Waals surface area contributed by atoms with Crippen LogP contribution in [0.25, 0.3) is 0 Å². The second kappa shape index (κ2) is 7.67. The molecule has 0 aliphatic rings. The molecule has 14 heteroatoms. The molecule has 0 bridgehead atoms. The van der Waals surface area contributed by atoms with E-state index >= 15 is 0 Å². The van der Waals surface area contributed by atoms with E-state index in [0.717, 1.165) is 26.5 Å². The summed E-state index contributed by atoms with van der Waals surface area (Å²) in [5.41, 5.74) is -1.25. The number of ether oxygens (including phenoxy) is 2. The summed E-state index contributed by atoms with van der Waals surface area (Å²) >= 11 is 0.591. The summed E-state index contributed by atoms with van der Waals surface area (Å²) in [5.74, 6) is -1.19. The van der Waals surface area contributed by atoms with Gasteiger partial charge >= 0.3 is 22.2 Å². The Hall–Kier alpha value is -2.19. The number of halogens is 3. The Morgan fingerprint density at radius 3 is 2.32 bits per heavy atom. The minimum Gasteiger partial charge on any atom is -0.493 e. The fraction of sp³-hybridized carbons (Fsp3) is 0.286. The van der Waals surface area contributed by atoms with Crippen molar-refractivity contribution in [3.8, 4) is 5.75 Å². The molecule has 154 valence electrons. The van der Waals surface area contributed by atoms with E-state index in [1.54, 1.807) is 0 Å². The Labute approximate surface area is 162 Å². The van der Waals surface area contributed by atoms with Crippen LogP contribution in [0.5, 0.6) is 5.75 Å². The Morgan fingerprint density at radius 1 is 1.21 bits per heavy atom. The predicted octanol–water partition coefficient (Wildman–Crippen LogP) is 2.80. The van der Waals surface area contributed by atoms with Gasteiger partial charge in [0.1, 0.15) is 20.3 Å². The molecule has 0 aromatic carbocycles. The van der Waals surface area contributed by atoms with Crippen LogP contribution in [0, 0.1) is 0 Å². The molecular formula is C14H13F3N2O6S3. The largest absolute Gasteiger partial charge is 0.493 e. The van der Waals surface area contributed by atoms with E-state index in [0.29, 0.717) is 23.6 Å². The zero-order valence-electron chi connectivity index (χ0n) is 14.5. The van der Waals surface area contributed by atoms with Gasteiger partial charge in [-0.2, -0.15) is 21.6 Å². The SMILES string of the molecule is COC(=O)c1csc(S(=O)(=O)N=[S@@](C)(=O)c2ccc(C(F)(F)F)cn2)c1OC. The average Bonchev–Trinajstić information content (AvgIpc) is 3.04. The molecule has 0 amide bonds. The second-order valence-electron chi connectivity index (χ2n) is 5.20. The first kappa shape index (κ1) is 22.1. The van der Waals surface area contributed by atoms with Gasteiger partial charge in [-0.1, -0.05) is 0 Å². The molecule has 28 heavy (non-hydrogen) atoms. The zero-order chi connectivity index (χ0) is 21.3. The van der Waals surface area contributed by atoms with E-state index in [2.05, 4.69) is 13.5 Å². The van der Waals surface area contributed by atoms with Crippen molar-refractivity contribution in [2.45, 2.75) is 15.4 Å². The smallest absolute Gasteiger partial charge is 0.417 e. The lowest BCUT2D eigenvalue weighted by Crippen LogP contribution is -2.09. The lowest BCUT2D eigenvalue weighted by molar-refractivity contribution is -0.137. The molecule has 2 rings (SSSR count). The van der Waals surface area contributed by atoms with Crippen molar-refractivity contribution in [1.29, 1.82) is 0 Å². The lowest BCUT2D eigenvalue weighted by Gasteiger charge is -2.08. The summed E-state index contributed by atoms with van der Waals surface area (Å²) in [5, 5.41) is 0.716. The van der Waals surface area contributed by atoms with Crippen molar-refractivity contribution in [1.82, 2.24) is 4.98 Å². The fourth-order valence-electron chi connectivity index (χ4n) is 1.98. The van der Waals surface area contributed by atoms with Crippen LogP contribution in [0.1, 0.15) is 15.9 Å². The molecule has 0 spiro atoms. The number of thiophene rings is 1. The van der Waals surface area contributed by atoms with Crippen molar-refractivity contribution in [2.75, 3.05) is 20.5 Å². The molecule has 0 radical (unpaired) electrons. The summed E-state index contributed by atoms with van der Waals surface area (Å²) in [4.78, 5) is 15.1. The Morgan fingerprint density at radius 2 is 1.86 bits per heavy atom. The van der Waals surface area contributed by atoms with Gasteiger partial charge in [-0.05, 0) is 12.1 Å². The topological polar surface area (TPSA) is 112 Å². The summed E-state index contributed by atoms with van der Waals surface area (Å²) in [7, 11) is -6.11. The molecule has 0 fully saturated rings.